The second-order valence-corrected chi connectivity index (χ2v) is 7.19. The van der Waals surface area contributed by atoms with E-state index >= 15 is 0 Å². The van der Waals surface area contributed by atoms with Crippen LogP contribution in [0.4, 0.5) is 35.1 Å². The van der Waals surface area contributed by atoms with Gasteiger partial charge in [-0.15, -0.1) is 0 Å². The smallest absolute Gasteiger partial charge is 0.365 e. The lowest BCUT2D eigenvalue weighted by molar-refractivity contribution is -0.310. The fraction of sp³-hybridized carbons (Fsp3) is 1.00. The Morgan fingerprint density at radius 3 is 1.60 bits per heavy atom. The lowest BCUT2D eigenvalue weighted by Gasteiger charge is -2.47. The number of hydrogen-bond donors (Lipinski definition) is 0. The quantitative estimate of drug-likeness (QED) is 0.493. The molecule has 1 atom stereocenters. The molecule has 0 bridgehead atoms. The highest BCUT2D eigenvalue weighted by molar-refractivity contribution is 5.02. The molecule has 2 fully saturated rings. The highest BCUT2D eigenvalue weighted by atomic mass is 19.4. The van der Waals surface area contributed by atoms with Crippen molar-refractivity contribution in [2.24, 2.45) is 11.3 Å². The molecule has 1 unspecified atom stereocenters. The van der Waals surface area contributed by atoms with E-state index in [4.69, 9.17) is 4.74 Å². The van der Waals surface area contributed by atoms with Crippen LogP contribution in [0, 0.1) is 11.3 Å². The molecule has 1 nitrogen and oxygen atoms in total. The summed E-state index contributed by atoms with van der Waals surface area (Å²) < 4.78 is 104. The standard InChI is InChI=1S/C9H15F3O.C7H9F5/c1-7(2)8(9(10,11)12)5-3-4-6-13-8;1-2-5(7(10,11)12)3-6(8,9)4-5/h7H,3-6H2,1-2H3;2-4H2,1H3. The van der Waals surface area contributed by atoms with E-state index in [9.17, 15) is 35.1 Å². The number of ether oxygens (including phenoxy) is 1. The van der Waals surface area contributed by atoms with Gasteiger partial charge in [0.05, 0.1) is 5.41 Å². The van der Waals surface area contributed by atoms with E-state index in [1.165, 1.54) is 6.92 Å². The van der Waals surface area contributed by atoms with Crippen LogP contribution in [0.3, 0.4) is 0 Å². The van der Waals surface area contributed by atoms with Crippen molar-refractivity contribution in [1.82, 2.24) is 0 Å². The molecule has 9 heteroatoms. The molecule has 0 N–H and O–H groups in total. The molecule has 1 aliphatic carbocycles. The molecule has 0 aromatic rings. The maximum atomic E-state index is 12.7. The highest BCUT2D eigenvalue weighted by Crippen LogP contribution is 2.61. The SMILES string of the molecule is CC(C)C1(C(F)(F)F)CCCCO1.CCC1(C(F)(F)F)CC(F)(F)C1. The molecular weight excluding hydrogens is 360 g/mol. The molecule has 0 radical (unpaired) electrons. The zero-order valence-electron chi connectivity index (χ0n) is 14.5. The second-order valence-electron chi connectivity index (χ2n) is 7.19. The largest absolute Gasteiger partial charge is 0.417 e. The van der Waals surface area contributed by atoms with Crippen LogP contribution in [0.15, 0.2) is 0 Å². The van der Waals surface area contributed by atoms with Crippen LogP contribution in [0.2, 0.25) is 0 Å². The summed E-state index contributed by atoms with van der Waals surface area (Å²) in [7, 11) is 0. The topological polar surface area (TPSA) is 9.23 Å². The highest BCUT2D eigenvalue weighted by Gasteiger charge is 2.68. The number of halogens is 8. The minimum absolute atomic E-state index is 0.105. The van der Waals surface area contributed by atoms with Crippen LogP contribution in [0.1, 0.15) is 59.3 Å². The third-order valence-electron chi connectivity index (χ3n) is 5.19. The van der Waals surface area contributed by atoms with Gasteiger partial charge in [0.25, 0.3) is 0 Å². The third-order valence-corrected chi connectivity index (χ3v) is 5.19. The van der Waals surface area contributed by atoms with Gasteiger partial charge in [-0.2, -0.15) is 26.3 Å². The van der Waals surface area contributed by atoms with E-state index in [0.29, 0.717) is 6.42 Å². The molecule has 0 aromatic carbocycles. The van der Waals surface area contributed by atoms with Gasteiger partial charge in [0.15, 0.2) is 5.60 Å². The Morgan fingerprint density at radius 1 is 0.920 bits per heavy atom. The van der Waals surface area contributed by atoms with Gasteiger partial charge in [0.1, 0.15) is 0 Å². The average molecular weight is 384 g/mol. The molecule has 150 valence electrons. The van der Waals surface area contributed by atoms with Gasteiger partial charge in [-0.05, 0) is 31.6 Å². The minimum Gasteiger partial charge on any atom is -0.365 e. The summed E-state index contributed by atoms with van der Waals surface area (Å²) in [5.41, 5.74) is -4.00. The predicted molar refractivity (Wildman–Crippen MR) is 76.4 cm³/mol. The minimum atomic E-state index is -4.48. The summed E-state index contributed by atoms with van der Waals surface area (Å²) in [6.45, 7) is 4.66. The normalized spacial score (nSPS) is 28.8. The van der Waals surface area contributed by atoms with Crippen LogP contribution in [-0.4, -0.2) is 30.5 Å². The van der Waals surface area contributed by atoms with Crippen LogP contribution in [-0.2, 0) is 4.74 Å². The van der Waals surface area contributed by atoms with Gasteiger partial charge in [-0.25, -0.2) is 8.78 Å². The predicted octanol–water partition coefficient (Wildman–Crippen LogP) is 6.52. The average Bonchev–Trinajstić information content (AvgIpc) is 2.43. The lowest BCUT2D eigenvalue weighted by atomic mass is 9.64. The van der Waals surface area contributed by atoms with Crippen LogP contribution in [0.5, 0.6) is 0 Å². The Bertz CT molecular complexity index is 424. The molecule has 1 aliphatic heterocycles. The molecule has 0 aromatic heterocycles. The fourth-order valence-corrected chi connectivity index (χ4v) is 3.41. The van der Waals surface area contributed by atoms with E-state index in [2.05, 4.69) is 0 Å². The zero-order valence-corrected chi connectivity index (χ0v) is 14.5. The van der Waals surface area contributed by atoms with E-state index in [1.54, 1.807) is 13.8 Å². The molecule has 1 saturated heterocycles. The summed E-state index contributed by atoms with van der Waals surface area (Å²) in [4.78, 5) is 0. The second kappa shape index (κ2) is 7.19. The third kappa shape index (κ3) is 4.57. The summed E-state index contributed by atoms with van der Waals surface area (Å²) in [6, 6.07) is 0. The van der Waals surface area contributed by atoms with Gasteiger partial charge in [-0.3, -0.25) is 0 Å². The number of hydrogen-bond acceptors (Lipinski definition) is 1. The maximum Gasteiger partial charge on any atom is 0.417 e. The first-order valence-electron chi connectivity index (χ1n) is 8.28. The fourth-order valence-electron chi connectivity index (χ4n) is 3.41. The van der Waals surface area contributed by atoms with E-state index in [-0.39, 0.29) is 19.4 Å². The van der Waals surface area contributed by atoms with Crippen molar-refractivity contribution in [3.05, 3.63) is 0 Å². The lowest BCUT2D eigenvalue weighted by Crippen LogP contribution is -2.54. The van der Waals surface area contributed by atoms with Crippen LogP contribution in [0.25, 0.3) is 0 Å². The molecule has 0 spiro atoms. The van der Waals surface area contributed by atoms with Gasteiger partial charge in [-0.1, -0.05) is 20.8 Å². The van der Waals surface area contributed by atoms with Crippen molar-refractivity contribution >= 4 is 0 Å². The van der Waals surface area contributed by atoms with E-state index in [1.807, 2.05) is 0 Å². The zero-order chi connectivity index (χ0) is 19.7. The first-order valence-corrected chi connectivity index (χ1v) is 8.28. The number of rotatable bonds is 2. The molecule has 0 amide bonds. The summed E-state index contributed by atoms with van der Waals surface area (Å²) >= 11 is 0. The Morgan fingerprint density at radius 2 is 1.44 bits per heavy atom. The van der Waals surface area contributed by atoms with Gasteiger partial charge in [0.2, 0.25) is 5.92 Å². The van der Waals surface area contributed by atoms with Crippen LogP contribution < -0.4 is 0 Å². The van der Waals surface area contributed by atoms with Crippen molar-refractivity contribution in [3.8, 4) is 0 Å². The molecule has 1 saturated carbocycles. The van der Waals surface area contributed by atoms with Crippen molar-refractivity contribution in [1.29, 1.82) is 0 Å². The Labute approximate surface area is 142 Å². The molecule has 2 aliphatic rings. The molecule has 25 heavy (non-hydrogen) atoms. The van der Waals surface area contributed by atoms with Gasteiger partial charge < -0.3 is 4.74 Å². The molecule has 2 rings (SSSR count). The maximum absolute atomic E-state index is 12.7. The Kier molecular flexibility index (Phi) is 6.46. The van der Waals surface area contributed by atoms with E-state index in [0.717, 1.165) is 6.42 Å². The van der Waals surface area contributed by atoms with E-state index < -0.39 is 48.1 Å². The van der Waals surface area contributed by atoms with Crippen molar-refractivity contribution in [2.75, 3.05) is 6.61 Å². The monoisotopic (exact) mass is 384 g/mol. The van der Waals surface area contributed by atoms with Crippen molar-refractivity contribution in [2.45, 2.75) is 83.2 Å². The van der Waals surface area contributed by atoms with Crippen LogP contribution >= 0.6 is 0 Å². The molecule has 1 heterocycles. The van der Waals surface area contributed by atoms with Crippen molar-refractivity contribution in [3.63, 3.8) is 0 Å². The van der Waals surface area contributed by atoms with Gasteiger partial charge >= 0.3 is 12.4 Å². The summed E-state index contributed by atoms with van der Waals surface area (Å²) in [5, 5.41) is 0. The summed E-state index contributed by atoms with van der Waals surface area (Å²) in [5.74, 6) is -3.61. The Hall–Kier alpha value is -0.600. The summed E-state index contributed by atoms with van der Waals surface area (Å²) in [6.07, 6.45) is -9.60. The van der Waals surface area contributed by atoms with Crippen molar-refractivity contribution < 1.29 is 39.9 Å². The first-order chi connectivity index (χ1) is 11.1. The Balaban J connectivity index is 0.000000251. The van der Waals surface area contributed by atoms with Gasteiger partial charge in [0, 0.05) is 19.4 Å². The number of alkyl halides is 8. The first kappa shape index (κ1) is 22.4. The molecular formula is C16H24F8O.